The molecule has 4 aromatic rings. The van der Waals surface area contributed by atoms with Crippen LogP contribution in [0.25, 0.3) is 11.4 Å². The van der Waals surface area contributed by atoms with Crippen molar-refractivity contribution < 1.29 is 17.9 Å². The molecule has 0 fully saturated rings. The van der Waals surface area contributed by atoms with Gasteiger partial charge in [-0.25, -0.2) is 8.42 Å². The number of rotatable bonds is 7. The molecule has 0 aliphatic carbocycles. The number of hydrogen-bond acceptors (Lipinski definition) is 8. The largest absolute Gasteiger partial charge is 0.339 e. The Morgan fingerprint density at radius 2 is 1.90 bits per heavy atom. The highest BCUT2D eigenvalue weighted by atomic mass is 32.2. The fourth-order valence-corrected chi connectivity index (χ4v) is 3.98. The third kappa shape index (κ3) is 4.56. The summed E-state index contributed by atoms with van der Waals surface area (Å²) in [6.45, 7) is 0. The summed E-state index contributed by atoms with van der Waals surface area (Å²) >= 11 is 0. The Labute approximate surface area is 176 Å². The maximum Gasteiger partial charge on any atom is 0.270 e. The van der Waals surface area contributed by atoms with Crippen LogP contribution in [0.5, 0.6) is 0 Å². The first-order chi connectivity index (χ1) is 14.9. The van der Waals surface area contributed by atoms with Gasteiger partial charge in [0.15, 0.2) is 0 Å². The Hall–Kier alpha value is -4.12. The number of nitrogens with zero attached hydrogens (tertiary/aromatic N) is 4. The van der Waals surface area contributed by atoms with Crippen molar-refractivity contribution in [2.45, 2.75) is 11.3 Å². The van der Waals surface area contributed by atoms with Gasteiger partial charge in [-0.1, -0.05) is 29.4 Å². The second-order valence-corrected chi connectivity index (χ2v) is 8.13. The lowest BCUT2D eigenvalue weighted by Crippen LogP contribution is -2.14. The molecule has 0 amide bonds. The van der Waals surface area contributed by atoms with Gasteiger partial charge in [0.25, 0.3) is 15.7 Å². The quantitative estimate of drug-likeness (QED) is 0.342. The monoisotopic (exact) mass is 437 g/mol. The second-order valence-electron chi connectivity index (χ2n) is 6.45. The van der Waals surface area contributed by atoms with Gasteiger partial charge < -0.3 is 4.52 Å². The van der Waals surface area contributed by atoms with Crippen LogP contribution in [0.15, 0.2) is 82.5 Å². The molecule has 2 aromatic carbocycles. The Bertz CT molecular complexity index is 1340. The molecule has 0 aliphatic rings. The number of aromatic nitrogens is 3. The minimum atomic E-state index is -4.05. The lowest BCUT2D eigenvalue weighted by Gasteiger charge is -2.11. The summed E-state index contributed by atoms with van der Waals surface area (Å²) in [5.41, 5.74) is 1.27. The molecule has 0 aliphatic heterocycles. The summed E-state index contributed by atoms with van der Waals surface area (Å²) in [7, 11) is -4.05. The average Bonchev–Trinajstić information content (AvgIpc) is 3.24. The second kappa shape index (κ2) is 8.32. The van der Waals surface area contributed by atoms with E-state index in [2.05, 4.69) is 19.8 Å². The van der Waals surface area contributed by atoms with Crippen molar-refractivity contribution in [1.29, 1.82) is 0 Å². The molecule has 0 saturated heterocycles. The summed E-state index contributed by atoms with van der Waals surface area (Å²) < 4.78 is 33.3. The minimum absolute atomic E-state index is 0.181. The molecule has 31 heavy (non-hydrogen) atoms. The van der Waals surface area contributed by atoms with E-state index in [0.29, 0.717) is 28.5 Å². The third-order valence-corrected chi connectivity index (χ3v) is 5.69. The summed E-state index contributed by atoms with van der Waals surface area (Å²) in [5.74, 6) is 0.665. The number of para-hydroxylation sites is 1. The summed E-state index contributed by atoms with van der Waals surface area (Å²) in [6, 6.07) is 15.1. The van der Waals surface area contributed by atoms with Crippen LogP contribution in [-0.4, -0.2) is 28.5 Å². The van der Waals surface area contributed by atoms with Gasteiger partial charge in [-0.2, -0.15) is 4.98 Å². The van der Waals surface area contributed by atoms with Crippen molar-refractivity contribution >= 4 is 21.4 Å². The first-order valence-corrected chi connectivity index (χ1v) is 10.5. The topological polar surface area (TPSA) is 141 Å². The van der Waals surface area contributed by atoms with Crippen molar-refractivity contribution in [2.24, 2.45) is 0 Å². The summed E-state index contributed by atoms with van der Waals surface area (Å²) in [4.78, 5) is 18.4. The van der Waals surface area contributed by atoms with Crippen molar-refractivity contribution in [2.75, 3.05) is 4.72 Å². The van der Waals surface area contributed by atoms with Crippen LogP contribution < -0.4 is 4.72 Å². The Kier molecular flexibility index (Phi) is 5.41. The molecule has 4 rings (SSSR count). The first kappa shape index (κ1) is 20.2. The van der Waals surface area contributed by atoms with Crippen LogP contribution in [0.4, 0.5) is 11.4 Å². The van der Waals surface area contributed by atoms with Gasteiger partial charge in [-0.3, -0.25) is 19.8 Å². The Balaban J connectivity index is 1.59. The van der Waals surface area contributed by atoms with E-state index in [9.17, 15) is 18.5 Å². The van der Waals surface area contributed by atoms with Crippen LogP contribution in [0.1, 0.15) is 11.5 Å². The number of anilines is 1. The standard InChI is InChI=1S/C20H15N5O5S/c26-25(27)16-7-3-8-17(12-16)31(28,29)24-18-9-2-1-5-14(18)11-19-22-20(23-30-19)15-6-4-10-21-13-15/h1-10,12-13,24H,11H2. The van der Waals surface area contributed by atoms with Crippen molar-refractivity contribution in [1.82, 2.24) is 15.1 Å². The zero-order valence-electron chi connectivity index (χ0n) is 15.9. The van der Waals surface area contributed by atoms with Crippen LogP contribution in [0, 0.1) is 10.1 Å². The van der Waals surface area contributed by atoms with Crippen LogP contribution in [-0.2, 0) is 16.4 Å². The van der Waals surface area contributed by atoms with Gasteiger partial charge in [-0.15, -0.1) is 0 Å². The highest BCUT2D eigenvalue weighted by Crippen LogP contribution is 2.25. The lowest BCUT2D eigenvalue weighted by atomic mass is 10.1. The van der Waals surface area contributed by atoms with Crippen molar-refractivity contribution in [3.8, 4) is 11.4 Å². The van der Waals surface area contributed by atoms with E-state index in [4.69, 9.17) is 4.52 Å². The van der Waals surface area contributed by atoms with E-state index in [0.717, 1.165) is 6.07 Å². The maximum atomic E-state index is 12.8. The number of benzene rings is 2. The molecule has 10 nitrogen and oxygen atoms in total. The SMILES string of the molecule is O=[N+]([O-])c1cccc(S(=O)(=O)Nc2ccccc2Cc2nc(-c3cccnc3)no2)c1. The molecule has 2 heterocycles. The highest BCUT2D eigenvalue weighted by Gasteiger charge is 2.20. The fraction of sp³-hybridized carbons (Fsp3) is 0.0500. The molecule has 2 aromatic heterocycles. The van der Waals surface area contributed by atoms with E-state index >= 15 is 0 Å². The van der Waals surface area contributed by atoms with E-state index in [1.807, 2.05) is 0 Å². The molecular formula is C20H15N5O5S. The van der Waals surface area contributed by atoms with Gasteiger partial charge in [-0.05, 0) is 29.8 Å². The normalized spacial score (nSPS) is 11.2. The predicted molar refractivity (Wildman–Crippen MR) is 111 cm³/mol. The number of hydrogen-bond donors (Lipinski definition) is 1. The van der Waals surface area contributed by atoms with Crippen LogP contribution in [0.2, 0.25) is 0 Å². The number of pyridine rings is 1. The van der Waals surface area contributed by atoms with Gasteiger partial charge in [0, 0.05) is 30.1 Å². The third-order valence-electron chi connectivity index (χ3n) is 4.33. The molecule has 0 atom stereocenters. The molecule has 0 saturated carbocycles. The summed E-state index contributed by atoms with van der Waals surface area (Å²) in [5, 5.41) is 14.9. The molecule has 0 radical (unpaired) electrons. The molecule has 0 bridgehead atoms. The maximum absolute atomic E-state index is 12.8. The molecule has 1 N–H and O–H groups in total. The van der Waals surface area contributed by atoms with Gasteiger partial charge in [0.1, 0.15) is 0 Å². The van der Waals surface area contributed by atoms with E-state index in [-0.39, 0.29) is 17.0 Å². The van der Waals surface area contributed by atoms with Gasteiger partial charge in [0.05, 0.1) is 21.9 Å². The molecule has 156 valence electrons. The number of nitro groups is 1. The van der Waals surface area contributed by atoms with E-state index in [1.54, 1.807) is 48.8 Å². The molecule has 0 spiro atoms. The fourth-order valence-electron chi connectivity index (χ4n) is 2.84. The number of nitrogens with one attached hydrogen (secondary N) is 1. The number of non-ortho nitro benzene ring substituents is 1. The van der Waals surface area contributed by atoms with Crippen molar-refractivity contribution in [3.05, 3.63) is 94.6 Å². The molecule has 11 heteroatoms. The Morgan fingerprint density at radius 1 is 1.06 bits per heavy atom. The minimum Gasteiger partial charge on any atom is -0.339 e. The van der Waals surface area contributed by atoms with E-state index < -0.39 is 14.9 Å². The van der Waals surface area contributed by atoms with Crippen LogP contribution in [0.3, 0.4) is 0 Å². The van der Waals surface area contributed by atoms with E-state index in [1.165, 1.54) is 18.2 Å². The van der Waals surface area contributed by atoms with Crippen molar-refractivity contribution in [3.63, 3.8) is 0 Å². The summed E-state index contributed by atoms with van der Waals surface area (Å²) in [6.07, 6.45) is 3.42. The lowest BCUT2D eigenvalue weighted by molar-refractivity contribution is -0.385. The highest BCUT2D eigenvalue weighted by molar-refractivity contribution is 7.92. The molecular weight excluding hydrogens is 422 g/mol. The average molecular weight is 437 g/mol. The van der Waals surface area contributed by atoms with Gasteiger partial charge in [0.2, 0.25) is 11.7 Å². The zero-order valence-corrected chi connectivity index (χ0v) is 16.7. The predicted octanol–water partition coefficient (Wildman–Crippen LogP) is 3.43. The first-order valence-electron chi connectivity index (χ1n) is 9.00. The Morgan fingerprint density at radius 3 is 2.68 bits per heavy atom. The molecule has 0 unspecified atom stereocenters. The van der Waals surface area contributed by atoms with Crippen LogP contribution >= 0.6 is 0 Å². The van der Waals surface area contributed by atoms with Gasteiger partial charge >= 0.3 is 0 Å². The number of sulfonamides is 1. The number of nitro benzene ring substituents is 1. The zero-order chi connectivity index (χ0) is 21.8. The smallest absolute Gasteiger partial charge is 0.270 e.